The molecule has 2 rings (SSSR count). The van der Waals surface area contributed by atoms with Crippen molar-refractivity contribution in [1.29, 1.82) is 0 Å². The van der Waals surface area contributed by atoms with E-state index in [4.69, 9.17) is 0 Å². The predicted octanol–water partition coefficient (Wildman–Crippen LogP) is 3.62. The molecule has 4 heteroatoms. The van der Waals surface area contributed by atoms with Crippen molar-refractivity contribution in [2.45, 2.75) is 57.5 Å². The van der Waals surface area contributed by atoms with Gasteiger partial charge in [-0.15, -0.1) is 11.3 Å². The lowest BCUT2D eigenvalue weighted by atomic mass is 9.95. The second-order valence-electron chi connectivity index (χ2n) is 5.54. The highest BCUT2D eigenvalue weighted by Gasteiger charge is 2.25. The molecule has 1 fully saturated rings. The van der Waals surface area contributed by atoms with Crippen molar-refractivity contribution in [3.05, 3.63) is 22.4 Å². The van der Waals surface area contributed by atoms with E-state index in [9.17, 15) is 4.79 Å². The van der Waals surface area contributed by atoms with Crippen LogP contribution in [0.3, 0.4) is 0 Å². The number of amides is 2. The number of nitrogens with one attached hydrogen (secondary N) is 2. The Kier molecular flexibility index (Phi) is 4.27. The van der Waals surface area contributed by atoms with Crippen LogP contribution in [0.2, 0.25) is 0 Å². The van der Waals surface area contributed by atoms with Crippen LogP contribution in [0.4, 0.5) is 4.79 Å². The number of hydrogen-bond donors (Lipinski definition) is 2. The third kappa shape index (κ3) is 3.48. The fraction of sp³-hybridized carbons (Fsp3) is 0.643. The van der Waals surface area contributed by atoms with E-state index in [1.165, 1.54) is 24.1 Å². The zero-order valence-corrected chi connectivity index (χ0v) is 12.0. The number of carbonyl (C=O) groups excluding carboxylic acids is 1. The van der Waals surface area contributed by atoms with E-state index < -0.39 is 0 Å². The van der Waals surface area contributed by atoms with Gasteiger partial charge in [0.25, 0.3) is 0 Å². The zero-order chi connectivity index (χ0) is 13.0. The second-order valence-corrected chi connectivity index (χ2v) is 6.48. The molecule has 0 atom stereocenters. The van der Waals surface area contributed by atoms with Crippen molar-refractivity contribution >= 4 is 17.4 Å². The molecule has 0 radical (unpaired) electrons. The molecule has 1 aliphatic carbocycles. The van der Waals surface area contributed by atoms with Crippen LogP contribution >= 0.6 is 11.3 Å². The zero-order valence-electron chi connectivity index (χ0n) is 11.2. The third-order valence-electron chi connectivity index (χ3n) is 3.50. The Balaban J connectivity index is 1.86. The van der Waals surface area contributed by atoms with Gasteiger partial charge in [0, 0.05) is 10.9 Å². The summed E-state index contributed by atoms with van der Waals surface area (Å²) in [6.07, 6.45) is 6.01. The standard InChI is InChI=1S/C14H22N2OS/c1-14(2,12-9-6-10-18-12)16-13(17)15-11-7-4-3-5-8-11/h6,9-11H,3-5,7-8H2,1-2H3,(H2,15,16,17). The molecule has 1 aromatic heterocycles. The molecule has 1 aliphatic rings. The van der Waals surface area contributed by atoms with Gasteiger partial charge in [-0.2, -0.15) is 0 Å². The van der Waals surface area contributed by atoms with Crippen molar-refractivity contribution in [2.75, 3.05) is 0 Å². The maximum atomic E-state index is 12.0. The van der Waals surface area contributed by atoms with Crippen LogP contribution in [0, 0.1) is 0 Å². The van der Waals surface area contributed by atoms with Gasteiger partial charge >= 0.3 is 6.03 Å². The predicted molar refractivity (Wildman–Crippen MR) is 75.9 cm³/mol. The monoisotopic (exact) mass is 266 g/mol. The molecule has 3 nitrogen and oxygen atoms in total. The normalized spacial score (nSPS) is 17.4. The van der Waals surface area contributed by atoms with Crippen LogP contribution in [0.25, 0.3) is 0 Å². The summed E-state index contributed by atoms with van der Waals surface area (Å²) in [5, 5.41) is 8.20. The molecule has 2 N–H and O–H groups in total. The highest BCUT2D eigenvalue weighted by Crippen LogP contribution is 2.24. The molecule has 0 aromatic carbocycles. The lowest BCUT2D eigenvalue weighted by Gasteiger charge is -2.28. The summed E-state index contributed by atoms with van der Waals surface area (Å²) in [4.78, 5) is 13.2. The van der Waals surface area contributed by atoms with E-state index in [2.05, 4.69) is 16.7 Å². The summed E-state index contributed by atoms with van der Waals surface area (Å²) in [5.41, 5.74) is -0.299. The SMILES string of the molecule is CC(C)(NC(=O)NC1CCCCC1)c1cccs1. The minimum atomic E-state index is -0.299. The Morgan fingerprint density at radius 3 is 2.67 bits per heavy atom. The second kappa shape index (κ2) is 5.74. The molecule has 0 saturated heterocycles. The van der Waals surface area contributed by atoms with Gasteiger partial charge in [-0.1, -0.05) is 25.3 Å². The first-order chi connectivity index (χ1) is 8.58. The van der Waals surface area contributed by atoms with Crippen molar-refractivity contribution in [1.82, 2.24) is 10.6 Å². The topological polar surface area (TPSA) is 41.1 Å². The van der Waals surface area contributed by atoms with Gasteiger partial charge in [0.1, 0.15) is 0 Å². The molecule has 0 bridgehead atoms. The van der Waals surface area contributed by atoms with Crippen LogP contribution in [-0.4, -0.2) is 12.1 Å². The van der Waals surface area contributed by atoms with Crippen molar-refractivity contribution in [3.8, 4) is 0 Å². The summed E-state index contributed by atoms with van der Waals surface area (Å²) < 4.78 is 0. The number of urea groups is 1. The van der Waals surface area contributed by atoms with E-state index in [1.54, 1.807) is 11.3 Å². The molecular weight excluding hydrogens is 244 g/mol. The summed E-state index contributed by atoms with van der Waals surface area (Å²) in [6, 6.07) is 4.40. The highest BCUT2D eigenvalue weighted by molar-refractivity contribution is 7.10. The molecule has 100 valence electrons. The van der Waals surface area contributed by atoms with Crippen molar-refractivity contribution in [2.24, 2.45) is 0 Å². The molecular formula is C14H22N2OS. The van der Waals surface area contributed by atoms with E-state index in [1.807, 2.05) is 25.3 Å². The van der Waals surface area contributed by atoms with E-state index in [0.29, 0.717) is 6.04 Å². The van der Waals surface area contributed by atoms with Crippen LogP contribution in [0.5, 0.6) is 0 Å². The number of thiophene rings is 1. The molecule has 0 spiro atoms. The van der Waals surface area contributed by atoms with Gasteiger partial charge in [0.15, 0.2) is 0 Å². The Morgan fingerprint density at radius 2 is 2.06 bits per heavy atom. The molecule has 0 aliphatic heterocycles. The fourth-order valence-electron chi connectivity index (χ4n) is 2.45. The summed E-state index contributed by atoms with van der Waals surface area (Å²) >= 11 is 1.68. The first-order valence-electron chi connectivity index (χ1n) is 6.70. The van der Waals surface area contributed by atoms with E-state index in [0.717, 1.165) is 12.8 Å². The van der Waals surface area contributed by atoms with Gasteiger partial charge < -0.3 is 10.6 Å². The number of carbonyl (C=O) groups is 1. The molecule has 2 amide bonds. The van der Waals surface area contributed by atoms with Gasteiger partial charge in [0.05, 0.1) is 5.54 Å². The average Bonchev–Trinajstić information content (AvgIpc) is 2.83. The van der Waals surface area contributed by atoms with Crippen LogP contribution in [0.15, 0.2) is 17.5 Å². The van der Waals surface area contributed by atoms with Crippen LogP contribution < -0.4 is 10.6 Å². The van der Waals surface area contributed by atoms with Gasteiger partial charge in [0.2, 0.25) is 0 Å². The summed E-state index contributed by atoms with van der Waals surface area (Å²) in [5.74, 6) is 0. The maximum Gasteiger partial charge on any atom is 0.315 e. The quantitative estimate of drug-likeness (QED) is 0.862. The lowest BCUT2D eigenvalue weighted by Crippen LogP contribution is -2.49. The first kappa shape index (κ1) is 13.4. The van der Waals surface area contributed by atoms with E-state index >= 15 is 0 Å². The van der Waals surface area contributed by atoms with Gasteiger partial charge in [-0.25, -0.2) is 4.79 Å². The van der Waals surface area contributed by atoms with Crippen LogP contribution in [0.1, 0.15) is 50.8 Å². The largest absolute Gasteiger partial charge is 0.335 e. The minimum Gasteiger partial charge on any atom is -0.335 e. The minimum absolute atomic E-state index is 0.0414. The Hall–Kier alpha value is -1.03. The maximum absolute atomic E-state index is 12.0. The number of hydrogen-bond acceptors (Lipinski definition) is 2. The summed E-state index contributed by atoms with van der Waals surface area (Å²) in [7, 11) is 0. The lowest BCUT2D eigenvalue weighted by molar-refractivity contribution is 0.222. The Bertz CT molecular complexity index is 381. The smallest absolute Gasteiger partial charge is 0.315 e. The summed E-state index contributed by atoms with van der Waals surface area (Å²) in [6.45, 7) is 4.08. The fourth-order valence-corrected chi connectivity index (χ4v) is 3.25. The van der Waals surface area contributed by atoms with Crippen molar-refractivity contribution in [3.63, 3.8) is 0 Å². The number of rotatable bonds is 3. The van der Waals surface area contributed by atoms with E-state index in [-0.39, 0.29) is 11.6 Å². The molecule has 1 saturated carbocycles. The van der Waals surface area contributed by atoms with Crippen molar-refractivity contribution < 1.29 is 4.79 Å². The Labute approximate surface area is 113 Å². The third-order valence-corrected chi connectivity index (χ3v) is 4.70. The molecule has 1 aromatic rings. The Morgan fingerprint density at radius 1 is 1.33 bits per heavy atom. The molecule has 18 heavy (non-hydrogen) atoms. The van der Waals surface area contributed by atoms with Gasteiger partial charge in [-0.05, 0) is 38.1 Å². The van der Waals surface area contributed by atoms with Gasteiger partial charge in [-0.3, -0.25) is 0 Å². The first-order valence-corrected chi connectivity index (χ1v) is 7.58. The van der Waals surface area contributed by atoms with Crippen LogP contribution in [-0.2, 0) is 5.54 Å². The average molecular weight is 266 g/mol. The molecule has 1 heterocycles. The molecule has 0 unspecified atom stereocenters. The highest BCUT2D eigenvalue weighted by atomic mass is 32.1.